The Morgan fingerprint density at radius 1 is 1.00 bits per heavy atom. The van der Waals surface area contributed by atoms with Gasteiger partial charge in [-0.3, -0.25) is 9.59 Å². The number of fused-ring (bicyclic) bond motifs is 3. The monoisotopic (exact) mass is 534 g/mol. The van der Waals surface area contributed by atoms with Gasteiger partial charge in [-0.05, 0) is 34.9 Å². The molecule has 0 saturated heterocycles. The zero-order valence-electron chi connectivity index (χ0n) is 19.6. The largest absolute Gasteiger partial charge is 0.486 e. The van der Waals surface area contributed by atoms with Crippen LogP contribution in [0.5, 0.6) is 5.75 Å². The fourth-order valence-electron chi connectivity index (χ4n) is 4.12. The van der Waals surface area contributed by atoms with E-state index in [1.807, 2.05) is 48.5 Å². The number of nitrogens with one attached hydrogen (secondary N) is 1. The number of esters is 1. The maximum Gasteiger partial charge on any atom is 0.325 e. The number of hydrogen-bond acceptors (Lipinski definition) is 6. The summed E-state index contributed by atoms with van der Waals surface area (Å²) in [6.07, 6.45) is 1.36. The van der Waals surface area contributed by atoms with Gasteiger partial charge in [0.1, 0.15) is 19.5 Å². The lowest BCUT2D eigenvalue weighted by molar-refractivity contribution is -0.139. The van der Waals surface area contributed by atoms with Gasteiger partial charge >= 0.3 is 5.97 Å². The molecular formula is C27H20Cl2N4O4. The summed E-state index contributed by atoms with van der Waals surface area (Å²) < 4.78 is 12.4. The van der Waals surface area contributed by atoms with Crippen LogP contribution in [0.4, 0.5) is 0 Å². The van der Waals surface area contributed by atoms with Gasteiger partial charge in [-0.15, -0.1) is 0 Å². The average Bonchev–Trinajstić information content (AvgIpc) is 3.39. The average molecular weight is 535 g/mol. The highest BCUT2D eigenvalue weighted by Gasteiger charge is 2.25. The molecule has 8 nitrogen and oxygen atoms in total. The Balaban J connectivity index is 1.75. The van der Waals surface area contributed by atoms with Crippen molar-refractivity contribution in [3.8, 4) is 16.9 Å². The number of rotatable bonds is 7. The summed E-state index contributed by atoms with van der Waals surface area (Å²) in [5.74, 6) is -0.868. The first-order valence-electron chi connectivity index (χ1n) is 11.2. The maximum absolute atomic E-state index is 13.4. The van der Waals surface area contributed by atoms with Crippen molar-refractivity contribution in [2.24, 2.45) is 0 Å². The smallest absolute Gasteiger partial charge is 0.325 e. The predicted molar refractivity (Wildman–Crippen MR) is 141 cm³/mol. The van der Waals surface area contributed by atoms with E-state index < -0.39 is 11.9 Å². The number of halogens is 2. The van der Waals surface area contributed by atoms with Crippen LogP contribution < -0.4 is 10.1 Å². The predicted octanol–water partition coefficient (Wildman–Crippen LogP) is 5.34. The number of nitrogens with zero attached hydrogens (tertiary/aromatic N) is 3. The molecule has 0 bridgehead atoms. The first-order valence-corrected chi connectivity index (χ1v) is 12.0. The lowest BCUT2D eigenvalue weighted by atomic mass is 9.98. The lowest BCUT2D eigenvalue weighted by Crippen LogP contribution is -2.32. The second-order valence-corrected chi connectivity index (χ2v) is 8.97. The molecule has 2 aromatic heterocycles. The number of pyridine rings is 1. The fraction of sp³-hybridized carbons (Fsp3) is 0.111. The Bertz CT molecular complexity index is 1620. The van der Waals surface area contributed by atoms with E-state index in [1.54, 1.807) is 18.2 Å². The van der Waals surface area contributed by atoms with Gasteiger partial charge in [-0.1, -0.05) is 71.7 Å². The zero-order valence-corrected chi connectivity index (χ0v) is 21.1. The van der Waals surface area contributed by atoms with Crippen molar-refractivity contribution in [2.45, 2.75) is 6.61 Å². The molecule has 37 heavy (non-hydrogen) atoms. The highest BCUT2D eigenvalue weighted by Crippen LogP contribution is 2.40. The number of amides is 1. The molecule has 0 fully saturated rings. The number of carbonyl (C=O) groups excluding carboxylic acids is 2. The number of ether oxygens (including phenoxy) is 2. The van der Waals surface area contributed by atoms with Gasteiger partial charge in [0.2, 0.25) is 0 Å². The number of hydrogen-bond donors (Lipinski definition) is 1. The molecule has 0 aliphatic rings. The SMILES string of the molecule is COC(=O)CNC(=O)c1c(OCc2ccccc2)c2cccc(-c3cc(Cl)cc(Cl)c3)c2c2ncnn12. The topological polar surface area (TPSA) is 94.8 Å². The standard InChI is InChI=1S/C27H20Cl2N4O4/c1-36-22(34)13-30-27(35)24-25(37-14-16-6-3-2-4-7-16)21-9-5-8-20(17-10-18(28)12-19(29)11-17)23(21)26-31-15-32-33(24)26/h2-12,15H,13-14H2,1H3,(H,30,35). The molecule has 1 N–H and O–H groups in total. The minimum absolute atomic E-state index is 0.0983. The minimum Gasteiger partial charge on any atom is -0.486 e. The third kappa shape index (κ3) is 4.94. The molecule has 0 atom stereocenters. The van der Waals surface area contributed by atoms with Gasteiger partial charge in [-0.2, -0.15) is 5.10 Å². The summed E-state index contributed by atoms with van der Waals surface area (Å²) >= 11 is 12.6. The van der Waals surface area contributed by atoms with Crippen LogP contribution in [0.2, 0.25) is 10.0 Å². The molecular weight excluding hydrogens is 515 g/mol. The Morgan fingerprint density at radius 2 is 1.76 bits per heavy atom. The molecule has 10 heteroatoms. The molecule has 0 spiro atoms. The Hall–Kier alpha value is -4.14. The first kappa shape index (κ1) is 24.5. The molecule has 0 aliphatic carbocycles. The second-order valence-electron chi connectivity index (χ2n) is 8.09. The number of carbonyl (C=O) groups is 2. The Kier molecular flexibility index (Phi) is 6.94. The van der Waals surface area contributed by atoms with Crippen LogP contribution in [0.1, 0.15) is 16.1 Å². The van der Waals surface area contributed by atoms with Gasteiger partial charge in [0.25, 0.3) is 5.91 Å². The molecule has 0 unspecified atom stereocenters. The van der Waals surface area contributed by atoms with Gasteiger partial charge in [0, 0.05) is 20.8 Å². The summed E-state index contributed by atoms with van der Waals surface area (Å²) in [5, 5.41) is 9.20. The summed E-state index contributed by atoms with van der Waals surface area (Å²) in [7, 11) is 1.25. The molecule has 5 aromatic rings. The lowest BCUT2D eigenvalue weighted by Gasteiger charge is -2.18. The number of benzene rings is 3. The van der Waals surface area contributed by atoms with Crippen LogP contribution in [-0.2, 0) is 16.1 Å². The molecule has 3 aromatic carbocycles. The maximum atomic E-state index is 13.4. The van der Waals surface area contributed by atoms with E-state index in [9.17, 15) is 9.59 Å². The van der Waals surface area contributed by atoms with Gasteiger partial charge in [-0.25, -0.2) is 9.50 Å². The van der Waals surface area contributed by atoms with Crippen molar-refractivity contribution in [1.82, 2.24) is 19.9 Å². The zero-order chi connectivity index (χ0) is 25.9. The highest BCUT2D eigenvalue weighted by molar-refractivity contribution is 6.35. The molecule has 0 aliphatic heterocycles. The quantitative estimate of drug-likeness (QED) is 0.283. The third-order valence-electron chi connectivity index (χ3n) is 5.74. The van der Waals surface area contributed by atoms with Crippen molar-refractivity contribution in [3.05, 3.63) is 94.4 Å². The number of methoxy groups -OCH3 is 1. The fourth-order valence-corrected chi connectivity index (χ4v) is 4.64. The van der Waals surface area contributed by atoms with E-state index in [2.05, 4.69) is 20.1 Å². The van der Waals surface area contributed by atoms with E-state index in [4.69, 9.17) is 27.9 Å². The molecule has 0 radical (unpaired) electrons. The van der Waals surface area contributed by atoms with E-state index >= 15 is 0 Å². The molecule has 2 heterocycles. The van der Waals surface area contributed by atoms with Crippen LogP contribution in [0.25, 0.3) is 27.5 Å². The van der Waals surface area contributed by atoms with Crippen LogP contribution in [0.15, 0.2) is 73.1 Å². The normalized spacial score (nSPS) is 11.0. The first-order chi connectivity index (χ1) is 18.0. The van der Waals surface area contributed by atoms with Crippen molar-refractivity contribution in [2.75, 3.05) is 13.7 Å². The summed E-state index contributed by atoms with van der Waals surface area (Å²) in [6, 6.07) is 20.4. The Morgan fingerprint density at radius 3 is 2.49 bits per heavy atom. The molecule has 5 rings (SSSR count). The molecule has 1 amide bonds. The summed E-state index contributed by atoms with van der Waals surface area (Å²) in [4.78, 5) is 29.5. The second kappa shape index (κ2) is 10.5. The molecule has 186 valence electrons. The van der Waals surface area contributed by atoms with Gasteiger partial charge in [0.05, 0.1) is 7.11 Å². The minimum atomic E-state index is -0.587. The van der Waals surface area contributed by atoms with Crippen molar-refractivity contribution < 1.29 is 19.1 Å². The van der Waals surface area contributed by atoms with Crippen molar-refractivity contribution in [1.29, 1.82) is 0 Å². The van der Waals surface area contributed by atoms with Crippen molar-refractivity contribution in [3.63, 3.8) is 0 Å². The van der Waals surface area contributed by atoms with Crippen molar-refractivity contribution >= 4 is 51.5 Å². The van der Waals surface area contributed by atoms with E-state index in [0.29, 0.717) is 26.5 Å². The summed E-state index contributed by atoms with van der Waals surface area (Å²) in [6.45, 7) is -0.122. The van der Waals surface area contributed by atoms with Crippen LogP contribution in [0, 0.1) is 0 Å². The highest BCUT2D eigenvalue weighted by atomic mass is 35.5. The van der Waals surface area contributed by atoms with E-state index in [1.165, 1.54) is 18.0 Å². The number of aromatic nitrogens is 3. The molecule has 0 saturated carbocycles. The van der Waals surface area contributed by atoms with E-state index in [-0.39, 0.29) is 24.6 Å². The van der Waals surface area contributed by atoms with Gasteiger partial charge < -0.3 is 14.8 Å². The third-order valence-corrected chi connectivity index (χ3v) is 6.18. The van der Waals surface area contributed by atoms with E-state index in [0.717, 1.165) is 16.7 Å². The van der Waals surface area contributed by atoms with Crippen LogP contribution in [0.3, 0.4) is 0 Å². The summed E-state index contributed by atoms with van der Waals surface area (Å²) in [5.41, 5.74) is 2.99. The van der Waals surface area contributed by atoms with Crippen LogP contribution >= 0.6 is 23.2 Å². The Labute approximate surface area is 221 Å². The van der Waals surface area contributed by atoms with Crippen LogP contribution in [-0.4, -0.2) is 40.1 Å². The van der Waals surface area contributed by atoms with Gasteiger partial charge in [0.15, 0.2) is 17.1 Å².